The average molecular weight is 553 g/mol. The van der Waals surface area contributed by atoms with Crippen molar-refractivity contribution in [2.24, 2.45) is 5.73 Å². The third kappa shape index (κ3) is 6.40. The molecule has 1 heterocycles. The van der Waals surface area contributed by atoms with E-state index in [2.05, 4.69) is 5.32 Å². The fourth-order valence-electron chi connectivity index (χ4n) is 5.46. The van der Waals surface area contributed by atoms with E-state index in [1.54, 1.807) is 0 Å². The highest BCUT2D eigenvalue weighted by Crippen LogP contribution is 2.41. The van der Waals surface area contributed by atoms with Crippen LogP contribution in [0, 0.1) is 0 Å². The quantitative estimate of drug-likeness (QED) is 0.256. The molecule has 5 rings (SSSR count). The Hall–Kier alpha value is -3.85. The Kier molecular flexibility index (Phi) is 9.24. The number of aliphatic hydroxyl groups excluding tert-OH is 1. The summed E-state index contributed by atoms with van der Waals surface area (Å²) >= 11 is 0. The summed E-state index contributed by atoms with van der Waals surface area (Å²) in [6.07, 6.45) is -2.80. The van der Waals surface area contributed by atoms with Crippen molar-refractivity contribution in [3.05, 3.63) is 144 Å². The molecule has 41 heavy (non-hydrogen) atoms. The molecule has 1 amide bonds. The maximum atomic E-state index is 12.0. The highest BCUT2D eigenvalue weighted by molar-refractivity contribution is 5.73. The van der Waals surface area contributed by atoms with Crippen molar-refractivity contribution < 1.29 is 24.1 Å². The summed E-state index contributed by atoms with van der Waals surface area (Å²) in [5, 5.41) is 13.8. The summed E-state index contributed by atoms with van der Waals surface area (Å²) in [7, 11) is 0. The third-order valence-electron chi connectivity index (χ3n) is 7.44. The summed E-state index contributed by atoms with van der Waals surface area (Å²) in [4.78, 5) is 12.0. The molecule has 0 saturated carbocycles. The number of benzene rings is 4. The van der Waals surface area contributed by atoms with E-state index in [-0.39, 0.29) is 19.1 Å². The van der Waals surface area contributed by atoms with Crippen LogP contribution in [0.2, 0.25) is 0 Å². The molecule has 1 aliphatic heterocycles. The van der Waals surface area contributed by atoms with Crippen LogP contribution in [-0.4, -0.2) is 48.2 Å². The normalized spacial score (nSPS) is 22.7. The van der Waals surface area contributed by atoms with Gasteiger partial charge in [0, 0.05) is 6.92 Å². The van der Waals surface area contributed by atoms with Gasteiger partial charge in [-0.1, -0.05) is 121 Å². The van der Waals surface area contributed by atoms with E-state index in [1.807, 2.05) is 121 Å². The van der Waals surface area contributed by atoms with E-state index >= 15 is 0 Å². The van der Waals surface area contributed by atoms with E-state index in [1.165, 1.54) is 6.92 Å². The minimum atomic E-state index is -1.34. The van der Waals surface area contributed by atoms with Gasteiger partial charge in [-0.2, -0.15) is 0 Å². The van der Waals surface area contributed by atoms with E-state index in [4.69, 9.17) is 19.9 Å². The lowest BCUT2D eigenvalue weighted by atomic mass is 9.80. The number of hydrogen-bond acceptors (Lipinski definition) is 6. The van der Waals surface area contributed by atoms with Gasteiger partial charge >= 0.3 is 0 Å². The molecular weight excluding hydrogens is 516 g/mol. The van der Waals surface area contributed by atoms with Crippen molar-refractivity contribution in [3.63, 3.8) is 0 Å². The Labute approximate surface area is 240 Å². The highest BCUT2D eigenvalue weighted by atomic mass is 16.6. The Morgan fingerprint density at radius 2 is 1.29 bits per heavy atom. The van der Waals surface area contributed by atoms with Crippen LogP contribution < -0.4 is 11.1 Å². The number of carbonyl (C=O) groups excluding carboxylic acids is 1. The first-order chi connectivity index (χ1) is 20.0. The first-order valence-electron chi connectivity index (χ1n) is 13.8. The van der Waals surface area contributed by atoms with Gasteiger partial charge in [-0.15, -0.1) is 0 Å². The smallest absolute Gasteiger partial charge is 0.217 e. The van der Waals surface area contributed by atoms with Crippen LogP contribution in [0.15, 0.2) is 121 Å². The Balaban J connectivity index is 1.47. The zero-order valence-corrected chi connectivity index (χ0v) is 23.0. The number of hydrogen-bond donors (Lipinski definition) is 3. The Bertz CT molecular complexity index is 1280. The molecule has 7 nitrogen and oxygen atoms in total. The third-order valence-corrected chi connectivity index (χ3v) is 7.44. The second-order valence-corrected chi connectivity index (χ2v) is 10.2. The monoisotopic (exact) mass is 552 g/mol. The van der Waals surface area contributed by atoms with Gasteiger partial charge in [0.2, 0.25) is 5.91 Å². The second kappa shape index (κ2) is 13.2. The molecular formula is C34H36N2O5. The zero-order valence-electron chi connectivity index (χ0n) is 23.0. The molecule has 4 aromatic rings. The number of nitrogens with two attached hydrogens (primary N) is 1. The van der Waals surface area contributed by atoms with Gasteiger partial charge in [0.25, 0.3) is 0 Å². The summed E-state index contributed by atoms with van der Waals surface area (Å²) in [6.45, 7) is 1.70. The largest absolute Gasteiger partial charge is 0.369 e. The van der Waals surface area contributed by atoms with Crippen LogP contribution in [0.4, 0.5) is 0 Å². The minimum Gasteiger partial charge on any atom is -0.369 e. The zero-order chi connectivity index (χ0) is 28.7. The molecule has 0 aliphatic carbocycles. The van der Waals surface area contributed by atoms with Crippen LogP contribution in [0.5, 0.6) is 0 Å². The van der Waals surface area contributed by atoms with Crippen LogP contribution in [0.1, 0.15) is 29.2 Å². The number of nitrogens with one attached hydrogen (secondary N) is 1. The van der Waals surface area contributed by atoms with Gasteiger partial charge < -0.3 is 30.4 Å². The van der Waals surface area contributed by atoms with Crippen molar-refractivity contribution in [1.29, 1.82) is 0 Å². The van der Waals surface area contributed by atoms with Crippen LogP contribution in [-0.2, 0) is 31.2 Å². The minimum absolute atomic E-state index is 0.0505. The average Bonchev–Trinajstić information content (AvgIpc) is 3.01. The van der Waals surface area contributed by atoms with Crippen LogP contribution in [0.3, 0.4) is 0 Å². The first-order valence-corrected chi connectivity index (χ1v) is 13.8. The maximum absolute atomic E-state index is 12.0. The molecule has 1 saturated heterocycles. The van der Waals surface area contributed by atoms with E-state index in [0.717, 1.165) is 22.3 Å². The van der Waals surface area contributed by atoms with Crippen molar-refractivity contribution in [2.45, 2.75) is 49.7 Å². The van der Waals surface area contributed by atoms with E-state index < -0.39 is 36.2 Å². The highest BCUT2D eigenvalue weighted by Gasteiger charge is 2.47. The van der Waals surface area contributed by atoms with Crippen molar-refractivity contribution >= 4 is 5.91 Å². The predicted molar refractivity (Wildman–Crippen MR) is 157 cm³/mol. The molecule has 0 spiro atoms. The fourth-order valence-corrected chi connectivity index (χ4v) is 5.46. The Morgan fingerprint density at radius 1 is 0.829 bits per heavy atom. The molecule has 7 heteroatoms. The molecule has 0 radical (unpaired) electrons. The predicted octanol–water partition coefficient (Wildman–Crippen LogP) is 4.13. The number of carbonyl (C=O) groups is 1. The fraction of sp³-hybridized carbons (Fsp3) is 0.265. The molecule has 0 bridgehead atoms. The standard InChI is InChI=1S/C34H36N2O5/c1-24(37)36-31-32(39-22-25-14-6-2-7-15-25)30(35)29(41-33(31)38)23-40-34(26-16-8-3-9-17-26,27-18-10-4-11-19-27)28-20-12-5-13-21-28/h2-21,29-33,38H,22-23,35H2,1H3,(H,36,37). The van der Waals surface area contributed by atoms with Crippen molar-refractivity contribution in [3.8, 4) is 0 Å². The topological polar surface area (TPSA) is 103 Å². The second-order valence-electron chi connectivity index (χ2n) is 10.2. The summed E-state index contributed by atoms with van der Waals surface area (Å²) in [6, 6.07) is 38.2. The molecule has 212 valence electrons. The first kappa shape index (κ1) is 28.7. The van der Waals surface area contributed by atoms with Crippen LogP contribution in [0.25, 0.3) is 0 Å². The SMILES string of the molecule is CC(=O)NC1C(O)OC(COC(c2ccccc2)(c2ccccc2)c2ccccc2)C(N)C1OCc1ccccc1. The molecule has 1 aliphatic rings. The van der Waals surface area contributed by atoms with Gasteiger partial charge in [0.1, 0.15) is 23.9 Å². The van der Waals surface area contributed by atoms with Gasteiger partial charge in [0.15, 0.2) is 6.29 Å². The number of ether oxygens (including phenoxy) is 3. The molecule has 4 aromatic carbocycles. The van der Waals surface area contributed by atoms with E-state index in [9.17, 15) is 9.90 Å². The van der Waals surface area contributed by atoms with E-state index in [0.29, 0.717) is 0 Å². The summed E-state index contributed by atoms with van der Waals surface area (Å²) in [5.74, 6) is -0.316. The van der Waals surface area contributed by atoms with Crippen molar-refractivity contribution in [2.75, 3.05) is 6.61 Å². The molecule has 1 fully saturated rings. The summed E-state index contributed by atoms with van der Waals surface area (Å²) < 4.78 is 19.2. The lowest BCUT2D eigenvalue weighted by Crippen LogP contribution is -2.67. The molecule has 5 atom stereocenters. The Morgan fingerprint density at radius 3 is 1.76 bits per heavy atom. The van der Waals surface area contributed by atoms with Crippen molar-refractivity contribution in [1.82, 2.24) is 5.32 Å². The van der Waals surface area contributed by atoms with Gasteiger partial charge in [0.05, 0.1) is 19.3 Å². The lowest BCUT2D eigenvalue weighted by Gasteiger charge is -2.45. The maximum Gasteiger partial charge on any atom is 0.217 e. The van der Waals surface area contributed by atoms with Gasteiger partial charge in [-0.25, -0.2) is 0 Å². The molecule has 0 aromatic heterocycles. The number of rotatable bonds is 10. The summed E-state index contributed by atoms with van der Waals surface area (Å²) in [5.41, 5.74) is 9.56. The molecule has 5 unspecified atom stereocenters. The van der Waals surface area contributed by atoms with Crippen LogP contribution >= 0.6 is 0 Å². The number of amides is 1. The number of aliphatic hydroxyl groups is 1. The lowest BCUT2D eigenvalue weighted by molar-refractivity contribution is -0.239. The molecule has 4 N–H and O–H groups in total. The van der Waals surface area contributed by atoms with Gasteiger partial charge in [-0.3, -0.25) is 4.79 Å². The van der Waals surface area contributed by atoms with Gasteiger partial charge in [-0.05, 0) is 22.3 Å².